The van der Waals surface area contributed by atoms with Crippen LogP contribution in [-0.2, 0) is 0 Å². The van der Waals surface area contributed by atoms with Crippen LogP contribution in [0.15, 0.2) is 18.2 Å². The van der Waals surface area contributed by atoms with Crippen LogP contribution in [0.2, 0.25) is 0 Å². The normalized spacial score (nSPS) is 19.9. The molecule has 0 unspecified atom stereocenters. The van der Waals surface area contributed by atoms with E-state index in [4.69, 9.17) is 14.6 Å². The Morgan fingerprint density at radius 3 is 2.71 bits per heavy atom. The third-order valence-corrected chi connectivity index (χ3v) is 4.24. The zero-order valence-corrected chi connectivity index (χ0v) is 11.8. The first-order valence-corrected chi connectivity index (χ1v) is 6.92. The fourth-order valence-corrected chi connectivity index (χ4v) is 3.08. The first kappa shape index (κ1) is 13.7. The molecule has 1 aromatic carbocycles. The molecule has 0 radical (unpaired) electrons. The number of ketones is 1. The number of likely N-dealkylation sites (tertiary alicyclic amines) is 1. The van der Waals surface area contributed by atoms with Gasteiger partial charge in [0.05, 0.1) is 13.5 Å². The summed E-state index contributed by atoms with van der Waals surface area (Å²) in [7, 11) is 1.53. The van der Waals surface area contributed by atoms with Crippen LogP contribution < -0.4 is 9.47 Å². The summed E-state index contributed by atoms with van der Waals surface area (Å²) in [6.45, 7) is 0.782. The van der Waals surface area contributed by atoms with Crippen LogP contribution in [0.4, 0.5) is 4.79 Å². The van der Waals surface area contributed by atoms with Gasteiger partial charge in [-0.2, -0.15) is 0 Å². The van der Waals surface area contributed by atoms with Crippen molar-refractivity contribution >= 4 is 11.9 Å². The van der Waals surface area contributed by atoms with Crippen LogP contribution in [0.3, 0.4) is 0 Å². The minimum absolute atomic E-state index is 0.00234. The number of methoxy groups -OCH3 is 1. The van der Waals surface area contributed by atoms with Crippen molar-refractivity contribution in [2.45, 2.75) is 24.9 Å². The summed E-state index contributed by atoms with van der Waals surface area (Å²) < 4.78 is 11.3. The van der Waals surface area contributed by atoms with Crippen LogP contribution in [-0.4, -0.2) is 47.7 Å². The lowest BCUT2D eigenvalue weighted by Gasteiger charge is -2.43. The van der Waals surface area contributed by atoms with Crippen molar-refractivity contribution in [2.75, 3.05) is 20.2 Å². The number of carboxylic acid groups (broad SMARTS) is 1. The molecular weight excluding hydrogens is 274 g/mol. The maximum absolute atomic E-state index is 12.5. The fraction of sp³-hybridized carbons (Fsp3) is 0.467. The Balaban J connectivity index is 1.86. The minimum Gasteiger partial charge on any atom is -0.496 e. The molecule has 1 amide bonds. The maximum Gasteiger partial charge on any atom is 0.407 e. The van der Waals surface area contributed by atoms with Crippen molar-refractivity contribution in [2.24, 2.45) is 0 Å². The number of amides is 1. The molecule has 1 saturated heterocycles. The van der Waals surface area contributed by atoms with Crippen LogP contribution in [0, 0.1) is 0 Å². The summed E-state index contributed by atoms with van der Waals surface area (Å²) in [5.41, 5.74) is -0.0890. The van der Waals surface area contributed by atoms with Crippen molar-refractivity contribution in [3.05, 3.63) is 23.8 Å². The Labute approximate surface area is 122 Å². The number of benzene rings is 1. The number of hydrogen-bond acceptors (Lipinski definition) is 4. The standard InChI is InChI=1S/C15H17NO5/c1-20-11-3-2-4-12-13(11)10(17)9-15(21-12)5-7-16(8-6-15)14(18)19/h2-4H,5-9H2,1H3,(H,18,19). The van der Waals surface area contributed by atoms with Gasteiger partial charge in [-0.05, 0) is 12.1 Å². The Kier molecular flexibility index (Phi) is 3.23. The lowest BCUT2D eigenvalue weighted by Crippen LogP contribution is -2.52. The molecule has 21 heavy (non-hydrogen) atoms. The van der Waals surface area contributed by atoms with E-state index in [2.05, 4.69) is 0 Å². The molecule has 6 heteroatoms. The van der Waals surface area contributed by atoms with E-state index >= 15 is 0 Å². The molecule has 1 fully saturated rings. The summed E-state index contributed by atoms with van der Waals surface area (Å²) >= 11 is 0. The monoisotopic (exact) mass is 291 g/mol. The Morgan fingerprint density at radius 2 is 2.10 bits per heavy atom. The number of rotatable bonds is 1. The predicted molar refractivity (Wildman–Crippen MR) is 74.1 cm³/mol. The quantitative estimate of drug-likeness (QED) is 0.858. The molecule has 0 aromatic heterocycles. The van der Waals surface area contributed by atoms with Gasteiger partial charge in [0, 0.05) is 25.9 Å². The highest BCUT2D eigenvalue weighted by atomic mass is 16.5. The minimum atomic E-state index is -0.922. The van der Waals surface area contributed by atoms with Crippen molar-refractivity contribution in [3.8, 4) is 11.5 Å². The van der Waals surface area contributed by atoms with Gasteiger partial charge in [0.2, 0.25) is 0 Å². The highest BCUT2D eigenvalue weighted by Gasteiger charge is 2.44. The molecule has 0 atom stereocenters. The third kappa shape index (κ3) is 2.30. The van der Waals surface area contributed by atoms with Gasteiger partial charge in [0.1, 0.15) is 22.7 Å². The number of Topliss-reactive ketones (excluding diaryl/α,β-unsaturated/α-hetero) is 1. The van der Waals surface area contributed by atoms with Gasteiger partial charge in [0.15, 0.2) is 5.78 Å². The second kappa shape index (κ2) is 4.95. The second-order valence-electron chi connectivity index (χ2n) is 5.49. The van der Waals surface area contributed by atoms with Gasteiger partial charge in [-0.3, -0.25) is 4.79 Å². The molecule has 112 valence electrons. The Morgan fingerprint density at radius 1 is 1.38 bits per heavy atom. The molecule has 2 aliphatic heterocycles. The number of nitrogens with zero attached hydrogens (tertiary/aromatic N) is 1. The number of hydrogen-bond donors (Lipinski definition) is 1. The summed E-state index contributed by atoms with van der Waals surface area (Å²) in [6, 6.07) is 5.29. The van der Waals surface area contributed by atoms with E-state index in [9.17, 15) is 9.59 Å². The van der Waals surface area contributed by atoms with Gasteiger partial charge in [0.25, 0.3) is 0 Å². The lowest BCUT2D eigenvalue weighted by atomic mass is 9.82. The van der Waals surface area contributed by atoms with Crippen molar-refractivity contribution in [3.63, 3.8) is 0 Å². The van der Waals surface area contributed by atoms with Crippen LogP contribution in [0.25, 0.3) is 0 Å². The van der Waals surface area contributed by atoms with Gasteiger partial charge < -0.3 is 19.5 Å². The molecule has 3 rings (SSSR count). The van der Waals surface area contributed by atoms with Crippen LogP contribution in [0.1, 0.15) is 29.6 Å². The van der Waals surface area contributed by atoms with Gasteiger partial charge in [-0.1, -0.05) is 6.07 Å². The summed E-state index contributed by atoms with van der Waals surface area (Å²) in [5.74, 6) is 1.06. The molecular formula is C15H17NO5. The number of piperidine rings is 1. The lowest BCUT2D eigenvalue weighted by molar-refractivity contribution is -0.00550. The summed E-state index contributed by atoms with van der Waals surface area (Å²) in [6.07, 6.45) is 0.408. The number of carbonyl (C=O) groups excluding carboxylic acids is 1. The van der Waals surface area contributed by atoms with E-state index in [0.29, 0.717) is 43.0 Å². The third-order valence-electron chi connectivity index (χ3n) is 4.24. The fourth-order valence-electron chi connectivity index (χ4n) is 3.08. The molecule has 1 N–H and O–H groups in total. The first-order valence-electron chi connectivity index (χ1n) is 6.92. The van der Waals surface area contributed by atoms with E-state index < -0.39 is 11.7 Å². The average Bonchev–Trinajstić information content (AvgIpc) is 2.46. The number of ether oxygens (including phenoxy) is 2. The molecule has 0 saturated carbocycles. The molecule has 2 aliphatic rings. The topological polar surface area (TPSA) is 76.1 Å². The molecule has 6 nitrogen and oxygen atoms in total. The predicted octanol–water partition coefficient (Wildman–Crippen LogP) is 2.17. The first-order chi connectivity index (χ1) is 10.0. The van der Waals surface area contributed by atoms with E-state index in [1.807, 2.05) is 0 Å². The smallest absolute Gasteiger partial charge is 0.407 e. The largest absolute Gasteiger partial charge is 0.496 e. The van der Waals surface area contributed by atoms with Crippen molar-refractivity contribution < 1.29 is 24.2 Å². The molecule has 1 spiro atoms. The second-order valence-corrected chi connectivity index (χ2v) is 5.49. The van der Waals surface area contributed by atoms with Crippen molar-refractivity contribution in [1.29, 1.82) is 0 Å². The van der Waals surface area contributed by atoms with E-state index in [0.717, 1.165) is 0 Å². The molecule has 0 bridgehead atoms. The van der Waals surface area contributed by atoms with Crippen LogP contribution >= 0.6 is 0 Å². The zero-order valence-electron chi connectivity index (χ0n) is 11.8. The molecule has 1 aromatic rings. The van der Waals surface area contributed by atoms with E-state index in [1.165, 1.54) is 12.0 Å². The highest BCUT2D eigenvalue weighted by Crippen LogP contribution is 2.42. The summed E-state index contributed by atoms with van der Waals surface area (Å²) in [5, 5.41) is 9.00. The number of fused-ring (bicyclic) bond motifs is 1. The Bertz CT molecular complexity index is 590. The Hall–Kier alpha value is -2.24. The molecule has 2 heterocycles. The molecule has 0 aliphatic carbocycles. The van der Waals surface area contributed by atoms with Gasteiger partial charge in [-0.15, -0.1) is 0 Å². The van der Waals surface area contributed by atoms with Gasteiger partial charge in [-0.25, -0.2) is 4.79 Å². The van der Waals surface area contributed by atoms with Crippen molar-refractivity contribution in [1.82, 2.24) is 4.90 Å². The number of carbonyl (C=O) groups is 2. The zero-order chi connectivity index (χ0) is 15.0. The average molecular weight is 291 g/mol. The van der Waals surface area contributed by atoms with Gasteiger partial charge >= 0.3 is 6.09 Å². The maximum atomic E-state index is 12.5. The highest BCUT2D eigenvalue weighted by molar-refractivity contribution is 6.02. The SMILES string of the molecule is COc1cccc2c1C(=O)CC1(CCN(C(=O)O)CC1)O2. The summed E-state index contributed by atoms with van der Waals surface area (Å²) in [4.78, 5) is 24.8. The van der Waals surface area contributed by atoms with Crippen LogP contribution in [0.5, 0.6) is 11.5 Å². The van der Waals surface area contributed by atoms with E-state index in [1.54, 1.807) is 18.2 Å². The van der Waals surface area contributed by atoms with E-state index in [-0.39, 0.29) is 12.2 Å².